The highest BCUT2D eigenvalue weighted by atomic mass is 16.5. The van der Waals surface area contributed by atoms with Crippen molar-refractivity contribution in [2.45, 2.75) is 45.6 Å². The molecule has 3 nitrogen and oxygen atoms in total. The lowest BCUT2D eigenvalue weighted by atomic mass is 9.84. The maximum absolute atomic E-state index is 11.5. The Balaban J connectivity index is 1.75. The number of fused-ring (bicyclic) bond motifs is 2. The highest BCUT2D eigenvalue weighted by Crippen LogP contribution is 2.49. The number of amides is 1. The molecule has 0 aromatic heterocycles. The number of rotatable bonds is 5. The quantitative estimate of drug-likeness (QED) is 0.777. The van der Waals surface area contributed by atoms with E-state index in [0.717, 1.165) is 11.8 Å². The van der Waals surface area contributed by atoms with Crippen LogP contribution in [0.1, 0.15) is 39.5 Å². The lowest BCUT2D eigenvalue weighted by molar-refractivity contribution is -0.126. The third-order valence-corrected chi connectivity index (χ3v) is 4.26. The average molecular weight is 225 g/mol. The Kier molecular flexibility index (Phi) is 3.85. The zero-order valence-electron chi connectivity index (χ0n) is 10.4. The summed E-state index contributed by atoms with van der Waals surface area (Å²) in [6.45, 7) is 4.87. The van der Waals surface area contributed by atoms with Crippen molar-refractivity contribution in [3.63, 3.8) is 0 Å². The number of ether oxygens (including phenoxy) is 1. The highest BCUT2D eigenvalue weighted by Gasteiger charge is 2.41. The minimum atomic E-state index is 0.0390. The first-order valence-electron chi connectivity index (χ1n) is 6.57. The molecule has 0 heterocycles. The molecule has 0 aromatic carbocycles. The van der Waals surface area contributed by atoms with E-state index in [1.165, 1.54) is 25.7 Å². The van der Waals surface area contributed by atoms with Gasteiger partial charge in [-0.25, -0.2) is 0 Å². The van der Waals surface area contributed by atoms with Gasteiger partial charge < -0.3 is 10.1 Å². The largest absolute Gasteiger partial charge is 0.372 e. The van der Waals surface area contributed by atoms with Gasteiger partial charge in [-0.3, -0.25) is 4.79 Å². The minimum Gasteiger partial charge on any atom is -0.372 e. The van der Waals surface area contributed by atoms with Crippen LogP contribution in [-0.2, 0) is 9.53 Å². The second kappa shape index (κ2) is 5.17. The molecule has 0 spiro atoms. The van der Waals surface area contributed by atoms with Crippen LogP contribution in [-0.4, -0.2) is 25.2 Å². The minimum absolute atomic E-state index is 0.0390. The van der Waals surface area contributed by atoms with Crippen LogP contribution in [0.15, 0.2) is 0 Å². The topological polar surface area (TPSA) is 38.3 Å². The van der Waals surface area contributed by atoms with Gasteiger partial charge in [0.2, 0.25) is 5.91 Å². The summed E-state index contributed by atoms with van der Waals surface area (Å²) in [6.07, 6.45) is 5.51. The van der Waals surface area contributed by atoms with E-state index >= 15 is 0 Å². The van der Waals surface area contributed by atoms with Gasteiger partial charge in [0.05, 0.1) is 0 Å². The molecule has 4 atom stereocenters. The van der Waals surface area contributed by atoms with Crippen LogP contribution in [0.3, 0.4) is 0 Å². The molecule has 2 saturated carbocycles. The highest BCUT2D eigenvalue weighted by molar-refractivity contribution is 5.77. The van der Waals surface area contributed by atoms with Crippen LogP contribution in [0.25, 0.3) is 0 Å². The first-order valence-corrected chi connectivity index (χ1v) is 6.57. The van der Waals surface area contributed by atoms with Gasteiger partial charge in [0, 0.05) is 12.6 Å². The molecule has 0 saturated heterocycles. The predicted molar refractivity (Wildman–Crippen MR) is 63.0 cm³/mol. The molecular weight excluding hydrogens is 202 g/mol. The van der Waals surface area contributed by atoms with E-state index in [1.807, 2.05) is 6.92 Å². The van der Waals surface area contributed by atoms with Crippen molar-refractivity contribution >= 4 is 5.91 Å². The summed E-state index contributed by atoms with van der Waals surface area (Å²) in [7, 11) is 0. The van der Waals surface area contributed by atoms with E-state index in [9.17, 15) is 4.79 Å². The molecule has 3 heteroatoms. The van der Waals surface area contributed by atoms with Crippen molar-refractivity contribution in [2.75, 3.05) is 13.2 Å². The smallest absolute Gasteiger partial charge is 0.246 e. The van der Waals surface area contributed by atoms with Crippen LogP contribution in [0.5, 0.6) is 0 Å². The number of carbonyl (C=O) groups is 1. The van der Waals surface area contributed by atoms with E-state index in [0.29, 0.717) is 18.6 Å². The molecule has 16 heavy (non-hydrogen) atoms. The summed E-state index contributed by atoms with van der Waals surface area (Å²) in [5, 5.41) is 3.08. The standard InChI is InChI=1S/C13H23NO2/c1-3-16-8-13(15)14-9(2)12-7-10-4-5-11(12)6-10/h9-12H,3-8H2,1-2H3,(H,14,15). The molecule has 1 amide bonds. The number of carbonyl (C=O) groups excluding carboxylic acids is 1. The van der Waals surface area contributed by atoms with E-state index in [-0.39, 0.29) is 12.5 Å². The summed E-state index contributed by atoms with van der Waals surface area (Å²) in [4.78, 5) is 11.5. The Labute approximate surface area is 97.9 Å². The number of hydrogen-bond acceptors (Lipinski definition) is 2. The monoisotopic (exact) mass is 225 g/mol. The van der Waals surface area contributed by atoms with Crippen molar-refractivity contribution in [3.8, 4) is 0 Å². The molecular formula is C13H23NO2. The van der Waals surface area contributed by atoms with Gasteiger partial charge in [-0.1, -0.05) is 6.42 Å². The first-order chi connectivity index (χ1) is 7.70. The van der Waals surface area contributed by atoms with Crippen LogP contribution in [0.2, 0.25) is 0 Å². The Bertz CT molecular complexity index is 254. The Morgan fingerprint density at radius 2 is 2.25 bits per heavy atom. The fraction of sp³-hybridized carbons (Fsp3) is 0.923. The van der Waals surface area contributed by atoms with Gasteiger partial charge in [0.25, 0.3) is 0 Å². The third-order valence-electron chi connectivity index (χ3n) is 4.26. The van der Waals surface area contributed by atoms with Crippen LogP contribution in [0.4, 0.5) is 0 Å². The molecule has 0 radical (unpaired) electrons. The Hall–Kier alpha value is -0.570. The van der Waals surface area contributed by atoms with Gasteiger partial charge >= 0.3 is 0 Å². The van der Waals surface area contributed by atoms with Crippen LogP contribution >= 0.6 is 0 Å². The van der Waals surface area contributed by atoms with Gasteiger partial charge in [0.15, 0.2) is 0 Å². The molecule has 0 aliphatic heterocycles. The molecule has 2 aliphatic rings. The molecule has 2 aliphatic carbocycles. The Morgan fingerprint density at radius 1 is 1.44 bits per heavy atom. The second-order valence-electron chi connectivity index (χ2n) is 5.33. The number of hydrogen-bond donors (Lipinski definition) is 1. The van der Waals surface area contributed by atoms with Gasteiger partial charge in [-0.15, -0.1) is 0 Å². The second-order valence-corrected chi connectivity index (χ2v) is 5.33. The summed E-state index contributed by atoms with van der Waals surface area (Å²) >= 11 is 0. The molecule has 2 bridgehead atoms. The van der Waals surface area contributed by atoms with Crippen LogP contribution < -0.4 is 5.32 Å². The van der Waals surface area contributed by atoms with Crippen molar-refractivity contribution in [1.29, 1.82) is 0 Å². The zero-order chi connectivity index (χ0) is 11.5. The molecule has 1 N–H and O–H groups in total. The Morgan fingerprint density at radius 3 is 2.81 bits per heavy atom. The van der Waals surface area contributed by atoms with Gasteiger partial charge in [-0.2, -0.15) is 0 Å². The first kappa shape index (κ1) is 11.9. The van der Waals surface area contributed by atoms with Crippen molar-refractivity contribution < 1.29 is 9.53 Å². The maximum atomic E-state index is 11.5. The summed E-state index contributed by atoms with van der Waals surface area (Å²) in [6, 6.07) is 0.322. The third kappa shape index (κ3) is 2.57. The predicted octanol–water partition coefficient (Wildman–Crippen LogP) is 1.96. The van der Waals surface area contributed by atoms with E-state index in [1.54, 1.807) is 0 Å². The molecule has 2 fully saturated rings. The zero-order valence-corrected chi connectivity index (χ0v) is 10.4. The maximum Gasteiger partial charge on any atom is 0.246 e. The van der Waals surface area contributed by atoms with Crippen molar-refractivity contribution in [2.24, 2.45) is 17.8 Å². The van der Waals surface area contributed by atoms with E-state index < -0.39 is 0 Å². The lowest BCUT2D eigenvalue weighted by Gasteiger charge is -2.28. The lowest BCUT2D eigenvalue weighted by Crippen LogP contribution is -2.41. The summed E-state index contributed by atoms with van der Waals surface area (Å²) in [5.41, 5.74) is 0. The molecule has 2 rings (SSSR count). The normalized spacial score (nSPS) is 34.0. The van der Waals surface area contributed by atoms with Gasteiger partial charge in [-0.05, 0) is 50.9 Å². The number of nitrogens with one attached hydrogen (secondary N) is 1. The van der Waals surface area contributed by atoms with Crippen molar-refractivity contribution in [3.05, 3.63) is 0 Å². The van der Waals surface area contributed by atoms with E-state index in [2.05, 4.69) is 12.2 Å². The molecule has 0 aromatic rings. The fourth-order valence-corrected chi connectivity index (χ4v) is 3.50. The summed E-state index contributed by atoms with van der Waals surface area (Å²) < 4.78 is 5.11. The SMILES string of the molecule is CCOCC(=O)NC(C)C1CC2CCC1C2. The summed E-state index contributed by atoms with van der Waals surface area (Å²) in [5.74, 6) is 2.56. The molecule has 92 valence electrons. The van der Waals surface area contributed by atoms with Crippen molar-refractivity contribution in [1.82, 2.24) is 5.32 Å². The van der Waals surface area contributed by atoms with E-state index in [4.69, 9.17) is 4.74 Å². The van der Waals surface area contributed by atoms with Crippen LogP contribution in [0, 0.1) is 17.8 Å². The fourth-order valence-electron chi connectivity index (χ4n) is 3.50. The van der Waals surface area contributed by atoms with Gasteiger partial charge in [0.1, 0.15) is 6.61 Å². The average Bonchev–Trinajstić information content (AvgIpc) is 2.87. The molecule has 4 unspecified atom stereocenters.